The highest BCUT2D eigenvalue weighted by Gasteiger charge is 2.31. The number of hydrogen-bond donors (Lipinski definition) is 1. The molecule has 1 N–H and O–H groups in total. The molecule has 0 bridgehead atoms. The molecule has 6 nitrogen and oxygen atoms in total. The highest BCUT2D eigenvalue weighted by molar-refractivity contribution is 9.10. The third kappa shape index (κ3) is 2.77. The topological polar surface area (TPSA) is 79.5 Å². The fourth-order valence-corrected chi connectivity index (χ4v) is 3.67. The van der Waals surface area contributed by atoms with Gasteiger partial charge in [0, 0.05) is 9.85 Å². The van der Waals surface area contributed by atoms with E-state index in [1.165, 1.54) is 11.3 Å². The van der Waals surface area contributed by atoms with Gasteiger partial charge in [-0.3, -0.25) is 9.69 Å². The molecule has 1 aliphatic heterocycles. The molecule has 3 rings (SSSR count). The zero-order chi connectivity index (χ0) is 14.1. The van der Waals surface area contributed by atoms with E-state index in [0.29, 0.717) is 24.7 Å². The second-order valence-electron chi connectivity index (χ2n) is 4.61. The van der Waals surface area contributed by atoms with Crippen LogP contribution >= 0.6 is 27.3 Å². The average molecular weight is 358 g/mol. The van der Waals surface area contributed by atoms with Gasteiger partial charge in [-0.25, -0.2) is 0 Å². The summed E-state index contributed by atoms with van der Waals surface area (Å²) in [5.74, 6) is 0.212. The Morgan fingerprint density at radius 1 is 1.65 bits per heavy atom. The Balaban J connectivity index is 1.73. The molecule has 0 aromatic carbocycles. The van der Waals surface area contributed by atoms with Crippen LogP contribution in [-0.2, 0) is 11.3 Å². The Morgan fingerprint density at radius 3 is 3.20 bits per heavy atom. The summed E-state index contributed by atoms with van der Waals surface area (Å²) in [6, 6.07) is 1.48. The van der Waals surface area contributed by atoms with Crippen molar-refractivity contribution < 1.29 is 14.4 Å². The van der Waals surface area contributed by atoms with Crippen molar-refractivity contribution in [2.24, 2.45) is 0 Å². The van der Waals surface area contributed by atoms with Crippen LogP contribution in [0.15, 0.2) is 20.4 Å². The van der Waals surface area contributed by atoms with Crippen LogP contribution in [0.2, 0.25) is 0 Å². The van der Waals surface area contributed by atoms with Gasteiger partial charge in [0.1, 0.15) is 6.04 Å². The molecule has 2 aromatic rings. The number of halogens is 1. The van der Waals surface area contributed by atoms with Gasteiger partial charge in [0.05, 0.1) is 11.4 Å². The largest absolute Gasteiger partial charge is 0.480 e. The van der Waals surface area contributed by atoms with Crippen LogP contribution in [0.5, 0.6) is 0 Å². The minimum Gasteiger partial charge on any atom is -0.480 e. The summed E-state index contributed by atoms with van der Waals surface area (Å²) >= 11 is 4.91. The second kappa shape index (κ2) is 5.63. The van der Waals surface area contributed by atoms with Gasteiger partial charge in [-0.1, -0.05) is 5.16 Å². The summed E-state index contributed by atoms with van der Waals surface area (Å²) in [7, 11) is 0. The van der Waals surface area contributed by atoms with Crippen molar-refractivity contribution in [2.45, 2.75) is 25.4 Å². The molecule has 1 atom stereocenters. The van der Waals surface area contributed by atoms with Crippen molar-refractivity contribution in [3.8, 4) is 10.7 Å². The number of carbonyl (C=O) groups is 1. The highest BCUT2D eigenvalue weighted by atomic mass is 79.9. The molecular weight excluding hydrogens is 346 g/mol. The molecule has 20 heavy (non-hydrogen) atoms. The number of likely N-dealkylation sites (tertiary alicyclic amines) is 1. The van der Waals surface area contributed by atoms with E-state index in [1.54, 1.807) is 0 Å². The summed E-state index contributed by atoms with van der Waals surface area (Å²) < 4.78 is 6.19. The smallest absolute Gasteiger partial charge is 0.320 e. The van der Waals surface area contributed by atoms with Gasteiger partial charge in [-0.2, -0.15) is 4.98 Å². The minimum atomic E-state index is -0.788. The summed E-state index contributed by atoms with van der Waals surface area (Å²) in [4.78, 5) is 18.2. The molecule has 8 heteroatoms. The van der Waals surface area contributed by atoms with E-state index in [2.05, 4.69) is 26.1 Å². The van der Waals surface area contributed by atoms with Crippen molar-refractivity contribution in [1.29, 1.82) is 0 Å². The first-order valence-electron chi connectivity index (χ1n) is 6.17. The predicted octanol–water partition coefficient (Wildman–Crippen LogP) is 2.61. The molecule has 1 unspecified atom stereocenters. The Bertz CT molecular complexity index is 627. The van der Waals surface area contributed by atoms with Gasteiger partial charge in [-0.05, 0) is 41.4 Å². The van der Waals surface area contributed by atoms with Gasteiger partial charge in [0.2, 0.25) is 11.7 Å². The van der Waals surface area contributed by atoms with E-state index >= 15 is 0 Å². The summed E-state index contributed by atoms with van der Waals surface area (Å²) in [6.45, 7) is 1.13. The van der Waals surface area contributed by atoms with Crippen LogP contribution in [0.3, 0.4) is 0 Å². The van der Waals surface area contributed by atoms with Crippen LogP contribution in [0.4, 0.5) is 0 Å². The number of rotatable bonds is 4. The highest BCUT2D eigenvalue weighted by Crippen LogP contribution is 2.28. The lowest BCUT2D eigenvalue weighted by Crippen LogP contribution is -2.35. The number of thiophene rings is 1. The maximum absolute atomic E-state index is 11.1. The first kappa shape index (κ1) is 13.7. The molecule has 1 fully saturated rings. The number of carboxylic acids is 1. The maximum Gasteiger partial charge on any atom is 0.320 e. The molecule has 3 heterocycles. The lowest BCUT2D eigenvalue weighted by atomic mass is 10.2. The summed E-state index contributed by atoms with van der Waals surface area (Å²) in [6.07, 6.45) is 1.56. The molecule has 0 spiro atoms. The van der Waals surface area contributed by atoms with Crippen LogP contribution < -0.4 is 0 Å². The average Bonchev–Trinajstić information content (AvgIpc) is 3.09. The zero-order valence-corrected chi connectivity index (χ0v) is 12.9. The Labute approximate surface area is 127 Å². The van der Waals surface area contributed by atoms with Crippen molar-refractivity contribution >= 4 is 33.2 Å². The molecule has 0 aliphatic carbocycles. The predicted molar refractivity (Wildman–Crippen MR) is 76.4 cm³/mol. The monoisotopic (exact) mass is 357 g/mol. The molecule has 2 aromatic heterocycles. The second-order valence-corrected chi connectivity index (χ2v) is 6.43. The normalized spacial score (nSPS) is 19.6. The van der Waals surface area contributed by atoms with E-state index in [9.17, 15) is 4.79 Å². The van der Waals surface area contributed by atoms with Crippen molar-refractivity contribution in [1.82, 2.24) is 15.0 Å². The number of hydrogen-bond acceptors (Lipinski definition) is 6. The number of aliphatic carboxylic acids is 1. The maximum atomic E-state index is 11.1. The van der Waals surface area contributed by atoms with Crippen LogP contribution in [0.25, 0.3) is 10.7 Å². The van der Waals surface area contributed by atoms with Crippen molar-refractivity contribution in [3.63, 3.8) is 0 Å². The fourth-order valence-electron chi connectivity index (χ4n) is 2.32. The Hall–Kier alpha value is -1.25. The van der Waals surface area contributed by atoms with E-state index in [4.69, 9.17) is 9.63 Å². The third-order valence-corrected chi connectivity index (χ3v) is 4.93. The number of aromatic nitrogens is 2. The van der Waals surface area contributed by atoms with Crippen LogP contribution in [0, 0.1) is 0 Å². The van der Waals surface area contributed by atoms with Gasteiger partial charge >= 0.3 is 5.97 Å². The molecule has 0 radical (unpaired) electrons. The third-order valence-electron chi connectivity index (χ3n) is 3.24. The first-order valence-corrected chi connectivity index (χ1v) is 7.84. The van der Waals surface area contributed by atoms with Crippen LogP contribution in [-0.4, -0.2) is 38.7 Å². The van der Waals surface area contributed by atoms with E-state index < -0.39 is 12.0 Å². The quantitative estimate of drug-likeness (QED) is 0.905. The van der Waals surface area contributed by atoms with Crippen molar-refractivity contribution in [2.75, 3.05) is 6.54 Å². The molecule has 0 amide bonds. The van der Waals surface area contributed by atoms with E-state index in [1.807, 2.05) is 16.3 Å². The lowest BCUT2D eigenvalue weighted by molar-refractivity contribution is -0.142. The fraction of sp³-hybridized carbons (Fsp3) is 0.417. The molecule has 106 valence electrons. The van der Waals surface area contributed by atoms with Gasteiger partial charge in [0.25, 0.3) is 0 Å². The van der Waals surface area contributed by atoms with Gasteiger partial charge < -0.3 is 9.63 Å². The first-order chi connectivity index (χ1) is 9.63. The minimum absolute atomic E-state index is 0.385. The number of nitrogens with zero attached hydrogens (tertiary/aromatic N) is 3. The lowest BCUT2D eigenvalue weighted by Gasteiger charge is -2.18. The van der Waals surface area contributed by atoms with E-state index in [-0.39, 0.29) is 0 Å². The van der Waals surface area contributed by atoms with Gasteiger partial charge in [-0.15, -0.1) is 11.3 Å². The summed E-state index contributed by atoms with van der Waals surface area (Å²) in [5, 5.41) is 15.0. The Kier molecular flexibility index (Phi) is 3.86. The Morgan fingerprint density at radius 2 is 2.50 bits per heavy atom. The molecule has 1 aliphatic rings. The van der Waals surface area contributed by atoms with Crippen molar-refractivity contribution in [3.05, 3.63) is 21.8 Å². The molecular formula is C12H12BrN3O3S. The molecule has 0 saturated carbocycles. The number of carboxylic acid groups (broad SMARTS) is 1. The summed E-state index contributed by atoms with van der Waals surface area (Å²) in [5.41, 5.74) is 0. The standard InChI is InChI=1S/C12H12BrN3O3S/c13-7-4-9(20-6-7)11-14-10(19-15-11)5-16-3-1-2-8(16)12(17)18/h4,6,8H,1-3,5H2,(H,17,18). The zero-order valence-electron chi connectivity index (χ0n) is 10.5. The molecule has 1 saturated heterocycles. The van der Waals surface area contributed by atoms with Crippen LogP contribution in [0.1, 0.15) is 18.7 Å². The SMILES string of the molecule is O=C(O)C1CCCN1Cc1nc(-c2cc(Br)cs2)no1. The van der Waals surface area contributed by atoms with Gasteiger partial charge in [0.15, 0.2) is 0 Å². The van der Waals surface area contributed by atoms with E-state index in [0.717, 1.165) is 22.3 Å².